The second kappa shape index (κ2) is 10.3. The minimum atomic E-state index is -0.589. The summed E-state index contributed by atoms with van der Waals surface area (Å²) in [6.07, 6.45) is 2.36. The van der Waals surface area contributed by atoms with Crippen molar-refractivity contribution in [1.82, 2.24) is 30.7 Å². The van der Waals surface area contributed by atoms with Crippen molar-refractivity contribution >= 4 is 17.9 Å². The number of aromatic nitrogens is 5. The second-order valence-electron chi connectivity index (χ2n) is 6.99. The van der Waals surface area contributed by atoms with Crippen molar-refractivity contribution in [3.63, 3.8) is 0 Å². The van der Waals surface area contributed by atoms with E-state index in [-0.39, 0.29) is 17.3 Å². The second-order valence-corrected chi connectivity index (χ2v) is 6.99. The van der Waals surface area contributed by atoms with Crippen LogP contribution in [-0.2, 0) is 0 Å². The Kier molecular flexibility index (Phi) is 6.77. The average Bonchev–Trinajstić information content (AvgIpc) is 3.49. The number of nitrogens with zero attached hydrogens (tertiary/aromatic N) is 6. The van der Waals surface area contributed by atoms with Crippen molar-refractivity contribution in [2.75, 3.05) is 19.5 Å². The first-order valence-electron chi connectivity index (χ1n) is 10.4. The summed E-state index contributed by atoms with van der Waals surface area (Å²) in [6.45, 7) is 2.62. The Morgan fingerprint density at radius 3 is 2.71 bits per heavy atom. The maximum Gasteiger partial charge on any atom is 0.294 e. The number of methoxy groups -OCH3 is 1. The summed E-state index contributed by atoms with van der Waals surface area (Å²) in [6, 6.07) is 14.4. The fraction of sp³-hybridized carbons (Fsp3) is 0.182. The van der Waals surface area contributed by atoms with Crippen molar-refractivity contribution in [3.8, 4) is 28.6 Å². The lowest BCUT2D eigenvalue weighted by Crippen LogP contribution is -2.19. The molecule has 2 aromatic heterocycles. The molecule has 34 heavy (non-hydrogen) atoms. The normalized spacial score (nSPS) is 11.0. The summed E-state index contributed by atoms with van der Waals surface area (Å²) in [5, 5.41) is 19.4. The summed E-state index contributed by atoms with van der Waals surface area (Å²) in [4.78, 5) is 13.0. The number of carbonyl (C=O) groups excluding carboxylic acids is 1. The van der Waals surface area contributed by atoms with E-state index in [1.54, 1.807) is 43.5 Å². The van der Waals surface area contributed by atoms with Crippen LogP contribution in [0.5, 0.6) is 11.5 Å². The lowest BCUT2D eigenvalue weighted by molar-refractivity contribution is 0.0950. The van der Waals surface area contributed by atoms with E-state index in [2.05, 4.69) is 35.8 Å². The summed E-state index contributed by atoms with van der Waals surface area (Å²) < 4.78 is 16.9. The number of hydrazone groups is 1. The van der Waals surface area contributed by atoms with Crippen LogP contribution in [0.4, 0.5) is 5.82 Å². The number of rotatable bonds is 9. The van der Waals surface area contributed by atoms with E-state index in [9.17, 15) is 4.79 Å². The molecule has 4 aromatic rings. The van der Waals surface area contributed by atoms with Gasteiger partial charge in [0.05, 0.1) is 19.9 Å². The van der Waals surface area contributed by atoms with Gasteiger partial charge in [-0.15, -0.1) is 5.10 Å². The zero-order valence-electron chi connectivity index (χ0n) is 18.5. The zero-order chi connectivity index (χ0) is 23.9. The molecule has 0 saturated carbocycles. The van der Waals surface area contributed by atoms with Gasteiger partial charge in [0, 0.05) is 11.1 Å². The fourth-order valence-corrected chi connectivity index (χ4v) is 3.10. The molecular weight excluding hydrogens is 440 g/mol. The molecule has 1 amide bonds. The van der Waals surface area contributed by atoms with Crippen molar-refractivity contribution in [1.29, 1.82) is 0 Å². The van der Waals surface area contributed by atoms with Gasteiger partial charge in [-0.1, -0.05) is 24.3 Å². The van der Waals surface area contributed by atoms with E-state index in [0.29, 0.717) is 34.9 Å². The first kappa shape index (κ1) is 22.5. The van der Waals surface area contributed by atoms with Crippen molar-refractivity contribution in [3.05, 3.63) is 59.8 Å². The number of hydrogen-bond donors (Lipinski definition) is 2. The molecule has 2 heterocycles. The molecule has 3 N–H and O–H groups in total. The molecule has 12 heteroatoms. The minimum absolute atomic E-state index is 0.00167. The Morgan fingerprint density at radius 1 is 1.21 bits per heavy atom. The lowest BCUT2D eigenvalue weighted by Gasteiger charge is -2.08. The van der Waals surface area contributed by atoms with Crippen LogP contribution in [0.15, 0.2) is 58.3 Å². The molecule has 0 bridgehead atoms. The van der Waals surface area contributed by atoms with Gasteiger partial charge < -0.3 is 15.2 Å². The highest BCUT2D eigenvalue weighted by Crippen LogP contribution is 2.28. The number of amides is 1. The van der Waals surface area contributed by atoms with E-state index >= 15 is 0 Å². The molecule has 0 aliphatic rings. The molecule has 0 saturated heterocycles. The molecule has 0 aliphatic carbocycles. The number of nitrogens with two attached hydrogens (primary N) is 1. The van der Waals surface area contributed by atoms with Gasteiger partial charge in [-0.05, 0) is 53.1 Å². The highest BCUT2D eigenvalue weighted by Gasteiger charge is 2.25. The molecule has 12 nitrogen and oxygen atoms in total. The average molecular weight is 462 g/mol. The molecule has 174 valence electrons. The number of anilines is 1. The van der Waals surface area contributed by atoms with Gasteiger partial charge in [0.1, 0.15) is 17.2 Å². The third-order valence-electron chi connectivity index (χ3n) is 4.69. The monoisotopic (exact) mass is 462 g/mol. The smallest absolute Gasteiger partial charge is 0.294 e. The molecule has 4 rings (SSSR count). The Morgan fingerprint density at radius 2 is 2.00 bits per heavy atom. The van der Waals surface area contributed by atoms with Crippen LogP contribution in [0.2, 0.25) is 0 Å². The first-order chi connectivity index (χ1) is 16.6. The maximum absolute atomic E-state index is 13.0. The van der Waals surface area contributed by atoms with Crippen LogP contribution in [0.3, 0.4) is 0 Å². The number of carbonyl (C=O) groups is 1. The molecule has 0 fully saturated rings. The molecule has 0 radical (unpaired) electrons. The van der Waals surface area contributed by atoms with Crippen LogP contribution < -0.4 is 20.6 Å². The zero-order valence-corrected chi connectivity index (χ0v) is 18.5. The van der Waals surface area contributed by atoms with E-state index in [4.69, 9.17) is 15.2 Å². The SMILES string of the molecule is CCCOc1ccc(-c2c(C(=O)N/N=C/c3ccccc3OC)nnn2-c2nonc2N)cc1. The van der Waals surface area contributed by atoms with E-state index < -0.39 is 5.91 Å². The summed E-state index contributed by atoms with van der Waals surface area (Å²) in [5.74, 6) is 0.820. The van der Waals surface area contributed by atoms with Crippen molar-refractivity contribution in [2.45, 2.75) is 13.3 Å². The Hall–Kier alpha value is -4.74. The molecule has 0 aliphatic heterocycles. The van der Waals surface area contributed by atoms with Gasteiger partial charge in [-0.3, -0.25) is 4.79 Å². The van der Waals surface area contributed by atoms with Crippen molar-refractivity contribution in [2.24, 2.45) is 5.10 Å². The van der Waals surface area contributed by atoms with Crippen LogP contribution in [0.25, 0.3) is 17.1 Å². The van der Waals surface area contributed by atoms with Crippen LogP contribution >= 0.6 is 0 Å². The van der Waals surface area contributed by atoms with Crippen LogP contribution in [0, 0.1) is 0 Å². The molecule has 0 unspecified atom stereocenters. The number of benzene rings is 2. The standard InChI is InChI=1S/C22H22N8O4/c1-3-12-33-16-10-8-14(9-11-16)19-18(25-29-30(19)21-20(23)27-34-28-21)22(31)26-24-13-15-6-4-5-7-17(15)32-2/h4-11,13H,3,12H2,1-2H3,(H2,23,27)(H,26,31)/b24-13+. The van der Waals surface area contributed by atoms with E-state index in [0.717, 1.165) is 6.42 Å². The predicted octanol–water partition coefficient (Wildman–Crippen LogP) is 2.46. The van der Waals surface area contributed by atoms with E-state index in [1.807, 2.05) is 19.1 Å². The fourth-order valence-electron chi connectivity index (χ4n) is 3.10. The van der Waals surface area contributed by atoms with Gasteiger partial charge in [0.15, 0.2) is 5.69 Å². The maximum atomic E-state index is 13.0. The topological polar surface area (TPSA) is 156 Å². The summed E-state index contributed by atoms with van der Waals surface area (Å²) >= 11 is 0. The van der Waals surface area contributed by atoms with Crippen molar-refractivity contribution < 1.29 is 18.9 Å². The lowest BCUT2D eigenvalue weighted by atomic mass is 10.1. The summed E-state index contributed by atoms with van der Waals surface area (Å²) in [5.41, 5.74) is 9.95. The molecule has 2 aromatic carbocycles. The predicted molar refractivity (Wildman–Crippen MR) is 123 cm³/mol. The van der Waals surface area contributed by atoms with E-state index in [1.165, 1.54) is 10.9 Å². The number of hydrogen-bond acceptors (Lipinski definition) is 10. The third kappa shape index (κ3) is 4.70. The largest absolute Gasteiger partial charge is 0.496 e. The highest BCUT2D eigenvalue weighted by atomic mass is 16.6. The van der Waals surface area contributed by atoms with Crippen LogP contribution in [0.1, 0.15) is 29.4 Å². The minimum Gasteiger partial charge on any atom is -0.496 e. The van der Waals surface area contributed by atoms with Gasteiger partial charge in [-0.25, -0.2) is 10.1 Å². The third-order valence-corrected chi connectivity index (χ3v) is 4.69. The van der Waals surface area contributed by atoms with Gasteiger partial charge in [0.2, 0.25) is 11.6 Å². The molecule has 0 spiro atoms. The highest BCUT2D eigenvalue weighted by molar-refractivity contribution is 5.99. The Bertz CT molecular complexity index is 1300. The summed E-state index contributed by atoms with van der Waals surface area (Å²) in [7, 11) is 1.55. The Balaban J connectivity index is 1.66. The Labute approximate surface area is 194 Å². The number of nitrogen functional groups attached to an aromatic ring is 1. The van der Waals surface area contributed by atoms with Crippen LogP contribution in [-0.4, -0.2) is 51.1 Å². The number of para-hydroxylation sites is 1. The molecular formula is C22H22N8O4. The number of ether oxygens (including phenoxy) is 2. The van der Waals surface area contributed by atoms with Gasteiger partial charge in [-0.2, -0.15) is 9.78 Å². The number of nitrogens with one attached hydrogen (secondary N) is 1. The molecule has 0 atom stereocenters. The first-order valence-corrected chi connectivity index (χ1v) is 10.4. The van der Waals surface area contributed by atoms with Gasteiger partial charge in [0.25, 0.3) is 5.91 Å². The quantitative estimate of drug-likeness (QED) is 0.282. The van der Waals surface area contributed by atoms with Gasteiger partial charge >= 0.3 is 0 Å².